The van der Waals surface area contributed by atoms with Crippen LogP contribution in [-0.2, 0) is 9.47 Å². The van der Waals surface area contributed by atoms with Gasteiger partial charge in [-0.3, -0.25) is 14.0 Å². The quantitative estimate of drug-likeness (QED) is 0.516. The van der Waals surface area contributed by atoms with Crippen LogP contribution in [0.5, 0.6) is 0 Å². The highest BCUT2D eigenvalue weighted by Crippen LogP contribution is 2.05. The average Bonchev–Trinajstić information content (AvgIpc) is 3.17. The van der Waals surface area contributed by atoms with E-state index in [0.717, 1.165) is 29.2 Å². The van der Waals surface area contributed by atoms with E-state index in [1.807, 2.05) is 0 Å². The molecule has 0 spiro atoms. The predicted molar refractivity (Wildman–Crippen MR) is 89.8 cm³/mol. The first-order valence-corrected chi connectivity index (χ1v) is 7.56. The zero-order valence-electron chi connectivity index (χ0n) is 14.4. The van der Waals surface area contributed by atoms with Crippen molar-refractivity contribution in [2.24, 2.45) is 0 Å². The van der Waals surface area contributed by atoms with Gasteiger partial charge in [-0.15, -0.1) is 0 Å². The lowest BCUT2D eigenvalue weighted by Crippen LogP contribution is -2.19. The number of carbonyl (C=O) groups excluding carboxylic acids is 2. The van der Waals surface area contributed by atoms with Crippen molar-refractivity contribution in [2.45, 2.75) is 6.92 Å². The number of aromatic amines is 1. The summed E-state index contributed by atoms with van der Waals surface area (Å²) in [5, 5.41) is 2.60. The van der Waals surface area contributed by atoms with E-state index in [0.29, 0.717) is 0 Å². The molecule has 0 aromatic carbocycles. The van der Waals surface area contributed by atoms with Gasteiger partial charge in [-0.2, -0.15) is 0 Å². The fraction of sp³-hybridized carbons (Fsp3) is 0.188. The second kappa shape index (κ2) is 8.17. The van der Waals surface area contributed by atoms with E-state index < -0.39 is 29.0 Å². The molecule has 0 atom stereocenters. The molecule has 0 aliphatic carbocycles. The van der Waals surface area contributed by atoms with Gasteiger partial charge in [-0.1, -0.05) is 0 Å². The number of rotatable bonds is 3. The molecule has 0 radical (unpaired) electrons. The normalized spacial score (nSPS) is 10.2. The Balaban J connectivity index is 0.000000208. The van der Waals surface area contributed by atoms with Crippen LogP contribution in [0.2, 0.25) is 0 Å². The Morgan fingerprint density at radius 1 is 1.19 bits per heavy atom. The van der Waals surface area contributed by atoms with Gasteiger partial charge in [-0.05, 0) is 6.92 Å². The van der Waals surface area contributed by atoms with E-state index in [2.05, 4.69) is 9.84 Å². The first kappa shape index (κ1) is 19.7. The van der Waals surface area contributed by atoms with E-state index in [1.54, 1.807) is 6.92 Å². The van der Waals surface area contributed by atoms with Gasteiger partial charge >= 0.3 is 11.9 Å². The third kappa shape index (κ3) is 4.32. The molecule has 3 aromatic heterocycles. The second-order valence-corrected chi connectivity index (χ2v) is 5.09. The van der Waals surface area contributed by atoms with Crippen LogP contribution < -0.4 is 11.3 Å². The molecule has 27 heavy (non-hydrogen) atoms. The predicted octanol–water partition coefficient (Wildman–Crippen LogP) is 1.07. The molecular weight excluding hydrogens is 366 g/mol. The topological polar surface area (TPSA) is 121 Å². The monoisotopic (exact) mass is 382 g/mol. The molecule has 3 N–H and O–H groups in total. The lowest BCUT2D eigenvalue weighted by Gasteiger charge is -2.01. The van der Waals surface area contributed by atoms with Gasteiger partial charge in [0.25, 0.3) is 0 Å². The van der Waals surface area contributed by atoms with Crippen LogP contribution in [-0.4, -0.2) is 39.9 Å². The highest BCUT2D eigenvalue weighted by atomic mass is 19.1. The number of ether oxygens (including phenoxy) is 2. The van der Waals surface area contributed by atoms with E-state index >= 15 is 0 Å². The number of aromatic nitrogens is 3. The SMILES string of the molecule is CCOC(=O)c1c[nH]n2cc(F)cc2c1=O.COC(=O)c1cc(F)cn1N. The molecule has 0 fully saturated rings. The maximum atomic E-state index is 12.9. The summed E-state index contributed by atoms with van der Waals surface area (Å²) in [5.74, 6) is 2.71. The number of nitrogens with two attached hydrogens (primary N) is 1. The summed E-state index contributed by atoms with van der Waals surface area (Å²) in [6, 6.07) is 2.06. The number of nitrogens with zero attached hydrogens (tertiary/aromatic N) is 2. The molecule has 9 nitrogen and oxygen atoms in total. The number of hydrogen-bond acceptors (Lipinski definition) is 6. The Bertz CT molecular complexity index is 1040. The first-order valence-electron chi connectivity index (χ1n) is 7.56. The maximum Gasteiger partial charge on any atom is 0.356 e. The summed E-state index contributed by atoms with van der Waals surface area (Å²) in [6.07, 6.45) is 3.31. The molecule has 3 heterocycles. The van der Waals surface area contributed by atoms with Crippen LogP contribution in [0.1, 0.15) is 27.8 Å². The second-order valence-electron chi connectivity index (χ2n) is 5.09. The van der Waals surface area contributed by atoms with Crippen molar-refractivity contribution in [1.29, 1.82) is 0 Å². The lowest BCUT2D eigenvalue weighted by atomic mass is 10.3. The molecule has 0 saturated carbocycles. The fourth-order valence-corrected chi connectivity index (χ4v) is 2.12. The number of hydrogen-bond donors (Lipinski definition) is 2. The molecule has 0 aliphatic heterocycles. The molecule has 0 unspecified atom stereocenters. The first-order chi connectivity index (χ1) is 12.8. The lowest BCUT2D eigenvalue weighted by molar-refractivity contribution is 0.0523. The number of nitrogens with one attached hydrogen (secondary N) is 1. The van der Waals surface area contributed by atoms with Crippen LogP contribution in [0.4, 0.5) is 8.78 Å². The number of esters is 2. The van der Waals surface area contributed by atoms with Gasteiger partial charge < -0.3 is 20.4 Å². The van der Waals surface area contributed by atoms with Crippen LogP contribution in [0.15, 0.2) is 35.5 Å². The number of H-pyrrole nitrogens is 1. The van der Waals surface area contributed by atoms with E-state index in [1.165, 1.54) is 17.8 Å². The Morgan fingerprint density at radius 3 is 2.41 bits per heavy atom. The summed E-state index contributed by atoms with van der Waals surface area (Å²) in [5.41, 5.74) is -0.624. The van der Waals surface area contributed by atoms with Crippen LogP contribution >= 0.6 is 0 Å². The van der Waals surface area contributed by atoms with Crippen molar-refractivity contribution < 1.29 is 27.8 Å². The van der Waals surface area contributed by atoms with Crippen molar-refractivity contribution in [3.05, 3.63) is 63.8 Å². The number of halogens is 2. The van der Waals surface area contributed by atoms with Crippen molar-refractivity contribution in [3.8, 4) is 0 Å². The smallest absolute Gasteiger partial charge is 0.356 e. The Labute approximate surface area is 150 Å². The van der Waals surface area contributed by atoms with Crippen LogP contribution in [0, 0.1) is 11.6 Å². The van der Waals surface area contributed by atoms with E-state index in [4.69, 9.17) is 10.6 Å². The molecule has 0 aliphatic rings. The summed E-state index contributed by atoms with van der Waals surface area (Å²) >= 11 is 0. The molecule has 0 saturated heterocycles. The average molecular weight is 382 g/mol. The van der Waals surface area contributed by atoms with Crippen molar-refractivity contribution >= 4 is 17.5 Å². The van der Waals surface area contributed by atoms with E-state index in [-0.39, 0.29) is 23.4 Å². The number of methoxy groups -OCH3 is 1. The van der Waals surface area contributed by atoms with Gasteiger partial charge in [0, 0.05) is 18.3 Å². The number of fused-ring (bicyclic) bond motifs is 1. The summed E-state index contributed by atoms with van der Waals surface area (Å²) in [7, 11) is 1.20. The number of nitrogen functional groups attached to an aromatic ring is 1. The van der Waals surface area contributed by atoms with Crippen molar-refractivity contribution in [1.82, 2.24) is 14.3 Å². The molecule has 3 rings (SSSR count). The van der Waals surface area contributed by atoms with Gasteiger partial charge in [0.2, 0.25) is 5.43 Å². The minimum absolute atomic E-state index is 0.00926. The van der Waals surface area contributed by atoms with Gasteiger partial charge in [0.05, 0.1) is 26.1 Å². The number of carbonyl (C=O) groups is 2. The highest BCUT2D eigenvalue weighted by Gasteiger charge is 2.15. The third-order valence-corrected chi connectivity index (χ3v) is 3.32. The molecule has 0 amide bonds. The minimum atomic E-state index is -0.715. The molecule has 144 valence electrons. The van der Waals surface area contributed by atoms with Crippen LogP contribution in [0.3, 0.4) is 0 Å². The molecule has 0 bridgehead atoms. The standard InChI is InChI=1S/C10H9FN2O3.C6H7FN2O2/c1-2-16-10(15)7-4-12-13-5-6(11)3-8(13)9(7)14;1-11-6(10)5-2-4(7)3-9(5)8/h3-5,12H,2H2,1H3;2-3H,8H2,1H3. The maximum absolute atomic E-state index is 12.9. The Kier molecular flexibility index (Phi) is 5.96. The Morgan fingerprint density at radius 2 is 1.85 bits per heavy atom. The van der Waals surface area contributed by atoms with E-state index in [9.17, 15) is 23.2 Å². The highest BCUT2D eigenvalue weighted by molar-refractivity contribution is 5.90. The minimum Gasteiger partial charge on any atom is -0.464 e. The summed E-state index contributed by atoms with van der Waals surface area (Å²) in [4.78, 5) is 33.9. The molecule has 3 aromatic rings. The summed E-state index contributed by atoms with van der Waals surface area (Å²) < 4.78 is 36.4. The molecule has 11 heteroatoms. The van der Waals surface area contributed by atoms with Gasteiger partial charge in [-0.25, -0.2) is 18.4 Å². The largest absolute Gasteiger partial charge is 0.464 e. The summed E-state index contributed by atoms with van der Waals surface area (Å²) in [6.45, 7) is 1.82. The van der Waals surface area contributed by atoms with Crippen LogP contribution in [0.25, 0.3) is 5.52 Å². The van der Waals surface area contributed by atoms with Gasteiger partial charge in [0.1, 0.15) is 28.4 Å². The van der Waals surface area contributed by atoms with Gasteiger partial charge in [0.15, 0.2) is 0 Å². The Hall–Kier alpha value is -3.63. The third-order valence-electron chi connectivity index (χ3n) is 3.32. The molecular formula is C16H16F2N4O5. The fourth-order valence-electron chi connectivity index (χ4n) is 2.12. The zero-order chi connectivity index (χ0) is 20.1. The zero-order valence-corrected chi connectivity index (χ0v) is 14.4. The van der Waals surface area contributed by atoms with Crippen molar-refractivity contribution in [2.75, 3.05) is 19.6 Å². The van der Waals surface area contributed by atoms with Crippen molar-refractivity contribution in [3.63, 3.8) is 0 Å².